The zero-order valence-electron chi connectivity index (χ0n) is 19.9. The van der Waals surface area contributed by atoms with Gasteiger partial charge in [0.25, 0.3) is 11.1 Å². The second-order valence-electron chi connectivity index (χ2n) is 8.51. The first-order valence-electron chi connectivity index (χ1n) is 11.0. The predicted octanol–water partition coefficient (Wildman–Crippen LogP) is 1.47. The maximum absolute atomic E-state index is 11.8. The fraction of sp³-hybridized carbons (Fsp3) is 0.160. The fourth-order valence-corrected chi connectivity index (χ4v) is 4.17. The Hall–Kier alpha value is -4.93. The number of hydrogen-bond donors (Lipinski definition) is 2. The molecule has 0 bridgehead atoms. The molecular weight excluding hydrogens is 462 g/mol. The van der Waals surface area contributed by atoms with E-state index in [0.29, 0.717) is 22.7 Å². The summed E-state index contributed by atoms with van der Waals surface area (Å²) in [5.41, 5.74) is 3.12. The highest BCUT2D eigenvalue weighted by Gasteiger charge is 2.17. The Morgan fingerprint density at radius 2 is 1.31 bits per heavy atom. The molecule has 0 radical (unpaired) electrons. The van der Waals surface area contributed by atoms with Crippen LogP contribution >= 0.6 is 0 Å². The van der Waals surface area contributed by atoms with Crippen molar-refractivity contribution < 1.29 is 0 Å². The lowest BCUT2D eigenvalue weighted by molar-refractivity contribution is 0.870. The molecule has 0 saturated carbocycles. The lowest BCUT2D eigenvalue weighted by atomic mass is 10.1. The number of pyridine rings is 1. The van der Waals surface area contributed by atoms with E-state index in [1.165, 1.54) is 0 Å². The number of fused-ring (bicyclic) bond motifs is 4. The number of aryl methyl sites for hydroxylation is 4. The molecule has 0 unspecified atom stereocenters. The summed E-state index contributed by atoms with van der Waals surface area (Å²) < 4.78 is 3.47. The minimum Gasteiger partial charge on any atom is -0.328 e. The van der Waals surface area contributed by atoms with Gasteiger partial charge in [0.05, 0.1) is 16.6 Å². The van der Waals surface area contributed by atoms with Gasteiger partial charge in [0.2, 0.25) is 0 Å². The maximum atomic E-state index is 11.8. The number of rotatable bonds is 0. The monoisotopic (exact) mass is 483 g/mol. The summed E-state index contributed by atoms with van der Waals surface area (Å²) in [7, 11) is 3.56. The summed E-state index contributed by atoms with van der Waals surface area (Å²) >= 11 is 0. The van der Waals surface area contributed by atoms with E-state index < -0.39 is 22.5 Å². The van der Waals surface area contributed by atoms with Crippen LogP contribution in [-0.2, 0) is 14.1 Å². The van der Waals surface area contributed by atoms with Crippen LogP contribution in [0.1, 0.15) is 11.1 Å². The first-order chi connectivity index (χ1) is 17.1. The highest BCUT2D eigenvalue weighted by atomic mass is 16.2. The largest absolute Gasteiger partial charge is 0.349 e. The summed E-state index contributed by atoms with van der Waals surface area (Å²) in [5.74, 6) is 0.696. The Bertz CT molecular complexity index is 1980. The van der Waals surface area contributed by atoms with Gasteiger partial charge in [-0.3, -0.25) is 19.6 Å². The lowest BCUT2D eigenvalue weighted by Crippen LogP contribution is -2.28. The minimum absolute atomic E-state index is 0.179. The number of aromatic nitrogens is 7. The van der Waals surface area contributed by atoms with Crippen LogP contribution in [-0.4, -0.2) is 34.1 Å². The maximum Gasteiger partial charge on any atom is 0.349 e. The third-order valence-corrected chi connectivity index (χ3v) is 6.19. The Balaban J connectivity index is 0.000000149. The predicted molar refractivity (Wildman–Crippen MR) is 136 cm³/mol. The average molecular weight is 483 g/mol. The van der Waals surface area contributed by atoms with Gasteiger partial charge in [0.1, 0.15) is 0 Å². The minimum atomic E-state index is -0.655. The molecule has 0 aliphatic carbocycles. The van der Waals surface area contributed by atoms with Crippen molar-refractivity contribution in [3.63, 3.8) is 0 Å². The normalized spacial score (nSPS) is 11.2. The van der Waals surface area contributed by atoms with Gasteiger partial charge in [-0.25, -0.2) is 14.6 Å². The highest BCUT2D eigenvalue weighted by Crippen LogP contribution is 2.23. The quantitative estimate of drug-likeness (QED) is 0.311. The molecule has 0 spiro atoms. The van der Waals surface area contributed by atoms with E-state index in [9.17, 15) is 19.2 Å². The fourth-order valence-electron chi connectivity index (χ4n) is 4.17. The molecule has 0 amide bonds. The van der Waals surface area contributed by atoms with Gasteiger partial charge >= 0.3 is 11.4 Å². The first-order valence-corrected chi connectivity index (χ1v) is 11.0. The Labute approximate surface area is 202 Å². The van der Waals surface area contributed by atoms with Crippen molar-refractivity contribution >= 4 is 21.9 Å². The molecule has 180 valence electrons. The average Bonchev–Trinajstić information content (AvgIpc) is 2.83. The van der Waals surface area contributed by atoms with E-state index >= 15 is 0 Å². The number of hydrogen-bond acceptors (Lipinski definition) is 7. The second-order valence-corrected chi connectivity index (χ2v) is 8.51. The van der Waals surface area contributed by atoms with Gasteiger partial charge in [-0.1, -0.05) is 18.2 Å². The van der Waals surface area contributed by atoms with Crippen molar-refractivity contribution in [1.29, 1.82) is 0 Å². The summed E-state index contributed by atoms with van der Waals surface area (Å²) in [4.78, 5) is 62.3. The van der Waals surface area contributed by atoms with Gasteiger partial charge in [-0.15, -0.1) is 0 Å². The van der Waals surface area contributed by atoms with Crippen LogP contribution in [0.3, 0.4) is 0 Å². The molecule has 2 aromatic carbocycles. The second kappa shape index (κ2) is 8.38. The Kier molecular flexibility index (Phi) is 5.32. The molecule has 36 heavy (non-hydrogen) atoms. The molecule has 6 rings (SSSR count). The molecule has 4 aliphatic heterocycles. The summed E-state index contributed by atoms with van der Waals surface area (Å²) in [6.07, 6.45) is 0. The summed E-state index contributed by atoms with van der Waals surface area (Å²) in [6.45, 7) is 3.99. The standard InChI is InChI=1S/C13H12N4O2.C12H9N3O2/c1-6-4-8-9(5-7(6)2)17(3)11-10(14-8)12(18)16-13(19)15-11;1-15-9-5-3-2-4-7(9)6-8-10(15)13-12(17)14-11(8)16/h4-5H,1-3H3,(H,16,18,19);2-6H,1H3,(H,14,16,17). The summed E-state index contributed by atoms with van der Waals surface area (Å²) in [5, 5.41) is 0.938. The summed E-state index contributed by atoms with van der Waals surface area (Å²) in [6, 6.07) is 13.3. The molecule has 2 N–H and O–H groups in total. The van der Waals surface area contributed by atoms with Gasteiger partial charge in [-0.05, 0) is 54.6 Å². The number of H-pyrrole nitrogens is 2. The van der Waals surface area contributed by atoms with Gasteiger partial charge in [-0.2, -0.15) is 9.97 Å². The number of nitrogens with zero attached hydrogens (tertiary/aromatic N) is 5. The Morgan fingerprint density at radius 1 is 0.694 bits per heavy atom. The van der Waals surface area contributed by atoms with Crippen molar-refractivity contribution in [2.24, 2.45) is 14.1 Å². The Morgan fingerprint density at radius 3 is 2.06 bits per heavy atom. The van der Waals surface area contributed by atoms with Crippen molar-refractivity contribution in [2.75, 3.05) is 0 Å². The van der Waals surface area contributed by atoms with Gasteiger partial charge in [0.15, 0.2) is 17.3 Å². The molecule has 11 nitrogen and oxygen atoms in total. The van der Waals surface area contributed by atoms with E-state index in [1.807, 2.05) is 50.2 Å². The molecular formula is C25H21N7O4. The highest BCUT2D eigenvalue weighted by molar-refractivity contribution is 5.85. The smallest absolute Gasteiger partial charge is 0.328 e. The number of nitrogens with one attached hydrogen (secondary N) is 2. The van der Waals surface area contributed by atoms with Crippen molar-refractivity contribution in [3.8, 4) is 22.9 Å². The molecule has 0 aromatic heterocycles. The van der Waals surface area contributed by atoms with Crippen LogP contribution in [0, 0.1) is 13.8 Å². The van der Waals surface area contributed by atoms with Crippen LogP contribution in [0.2, 0.25) is 0 Å². The van der Waals surface area contributed by atoms with Gasteiger partial charge < -0.3 is 9.13 Å². The van der Waals surface area contributed by atoms with E-state index in [4.69, 9.17) is 0 Å². The molecule has 4 aliphatic rings. The number of benzene rings is 2. The van der Waals surface area contributed by atoms with Crippen LogP contribution in [0.5, 0.6) is 0 Å². The van der Waals surface area contributed by atoms with Crippen molar-refractivity contribution in [2.45, 2.75) is 13.8 Å². The zero-order chi connectivity index (χ0) is 25.7. The van der Waals surface area contributed by atoms with E-state index in [0.717, 1.165) is 27.5 Å². The van der Waals surface area contributed by atoms with Gasteiger partial charge in [0, 0.05) is 19.6 Å². The molecule has 11 heteroatoms. The van der Waals surface area contributed by atoms with Crippen LogP contribution in [0.4, 0.5) is 0 Å². The number of aromatic amines is 2. The van der Waals surface area contributed by atoms with Crippen LogP contribution < -0.4 is 22.5 Å². The van der Waals surface area contributed by atoms with Crippen LogP contribution in [0.25, 0.3) is 44.8 Å². The molecule has 2 aromatic rings. The molecule has 4 heterocycles. The molecule has 0 atom stereocenters. The third kappa shape index (κ3) is 3.76. The number of para-hydroxylation sites is 1. The lowest BCUT2D eigenvalue weighted by Gasteiger charge is -2.13. The van der Waals surface area contributed by atoms with E-state index in [1.54, 1.807) is 29.3 Å². The van der Waals surface area contributed by atoms with E-state index in [-0.39, 0.29) is 5.69 Å². The molecule has 0 saturated heterocycles. The van der Waals surface area contributed by atoms with Crippen molar-refractivity contribution in [3.05, 3.63) is 95.3 Å². The third-order valence-electron chi connectivity index (χ3n) is 6.19. The topological polar surface area (TPSA) is 148 Å². The molecule has 0 fully saturated rings. The SMILES string of the molecule is Cc1cc2nc3c(=O)[nH]c(=O)nc-3n(C)c2cc1C.Cn1c2nc(=O)[nH]c(=O)c-2cc2ccccc21. The van der Waals surface area contributed by atoms with Crippen LogP contribution in [0.15, 0.2) is 61.6 Å². The van der Waals surface area contributed by atoms with E-state index in [2.05, 4.69) is 24.9 Å². The first kappa shape index (κ1) is 22.8. The van der Waals surface area contributed by atoms with Crippen molar-refractivity contribution in [1.82, 2.24) is 34.1 Å². The zero-order valence-corrected chi connectivity index (χ0v) is 19.9.